The molecule has 8 nitrogen and oxygen atoms in total. The smallest absolute Gasteiger partial charge is 0.275 e. The lowest BCUT2D eigenvalue weighted by atomic mass is 9.96. The molecule has 1 fully saturated rings. The molecule has 1 saturated heterocycles. The summed E-state index contributed by atoms with van der Waals surface area (Å²) < 4.78 is 0. The summed E-state index contributed by atoms with van der Waals surface area (Å²) in [6.07, 6.45) is 2.84. The summed E-state index contributed by atoms with van der Waals surface area (Å²) in [4.78, 5) is 25.1. The molecule has 24 heavy (non-hydrogen) atoms. The summed E-state index contributed by atoms with van der Waals surface area (Å²) in [5, 5.41) is 18.3. The molecule has 1 aliphatic heterocycles. The molecule has 0 saturated carbocycles. The number of hydrogen-bond donors (Lipinski definition) is 2. The Morgan fingerprint density at radius 1 is 1.50 bits per heavy atom. The summed E-state index contributed by atoms with van der Waals surface area (Å²) >= 11 is 0. The molecule has 130 valence electrons. The monoisotopic (exact) mass is 353 g/mol. The second-order valence-corrected chi connectivity index (χ2v) is 5.98. The normalized spacial score (nSPS) is 18.9. The lowest BCUT2D eigenvalue weighted by Crippen LogP contribution is -2.51. The number of halogens is 1. The van der Waals surface area contributed by atoms with Crippen LogP contribution >= 0.6 is 12.4 Å². The van der Waals surface area contributed by atoms with Crippen molar-refractivity contribution in [3.8, 4) is 0 Å². The van der Waals surface area contributed by atoms with E-state index in [1.165, 1.54) is 12.1 Å². The maximum Gasteiger partial charge on any atom is 0.275 e. The number of rotatable bonds is 3. The third-order valence-electron chi connectivity index (χ3n) is 4.38. The molecule has 2 aromatic rings. The van der Waals surface area contributed by atoms with E-state index >= 15 is 0 Å². The van der Waals surface area contributed by atoms with Crippen LogP contribution in [0.4, 0.5) is 5.69 Å². The molecule has 0 radical (unpaired) electrons. The van der Waals surface area contributed by atoms with Crippen LogP contribution in [0.25, 0.3) is 10.9 Å². The number of fused-ring (bicyclic) bond motifs is 1. The number of carbonyl (C=O) groups excluding carboxylic acids is 1. The van der Waals surface area contributed by atoms with E-state index in [2.05, 4.69) is 10.2 Å². The van der Waals surface area contributed by atoms with Crippen molar-refractivity contribution in [1.82, 2.24) is 15.1 Å². The number of nitrogens with zero attached hydrogens (tertiary/aromatic N) is 3. The van der Waals surface area contributed by atoms with Crippen molar-refractivity contribution in [2.75, 3.05) is 6.54 Å². The zero-order chi connectivity index (χ0) is 16.6. The molecule has 2 unspecified atom stereocenters. The number of piperidine rings is 1. The van der Waals surface area contributed by atoms with Gasteiger partial charge in [0.2, 0.25) is 0 Å². The average molecular weight is 354 g/mol. The Bertz CT molecular complexity index is 761. The quantitative estimate of drug-likeness (QED) is 0.648. The van der Waals surface area contributed by atoms with E-state index in [0.29, 0.717) is 17.4 Å². The van der Waals surface area contributed by atoms with Crippen LogP contribution < -0.4 is 5.73 Å². The molecule has 3 N–H and O–H groups in total. The number of H-pyrrole nitrogens is 1. The highest BCUT2D eigenvalue weighted by atomic mass is 35.5. The minimum absolute atomic E-state index is 0. The fourth-order valence-electron chi connectivity index (χ4n) is 3.17. The summed E-state index contributed by atoms with van der Waals surface area (Å²) in [5.74, 6) is -0.223. The summed E-state index contributed by atoms with van der Waals surface area (Å²) in [7, 11) is 0. The Balaban J connectivity index is 0.00000208. The molecule has 0 spiro atoms. The van der Waals surface area contributed by atoms with Gasteiger partial charge in [-0.1, -0.05) is 0 Å². The van der Waals surface area contributed by atoms with Crippen molar-refractivity contribution < 1.29 is 9.72 Å². The van der Waals surface area contributed by atoms with Crippen molar-refractivity contribution in [2.24, 2.45) is 5.73 Å². The van der Waals surface area contributed by atoms with Crippen LogP contribution in [0.15, 0.2) is 18.2 Å². The van der Waals surface area contributed by atoms with Gasteiger partial charge in [0, 0.05) is 36.1 Å². The zero-order valence-corrected chi connectivity index (χ0v) is 14.1. The third kappa shape index (κ3) is 3.20. The first-order valence-electron chi connectivity index (χ1n) is 7.68. The maximum atomic E-state index is 12.9. The number of nitro benzene ring substituents is 1. The fourth-order valence-corrected chi connectivity index (χ4v) is 3.17. The largest absolute Gasteiger partial charge is 0.333 e. The molecule has 2 atom stereocenters. The Labute approximate surface area is 144 Å². The van der Waals surface area contributed by atoms with Gasteiger partial charge in [0.15, 0.2) is 5.69 Å². The molecule has 1 aromatic heterocycles. The number of non-ortho nitro benzene ring substituents is 1. The number of nitrogens with two attached hydrogens (primary N) is 1. The van der Waals surface area contributed by atoms with Crippen molar-refractivity contribution in [3.05, 3.63) is 34.0 Å². The predicted molar refractivity (Wildman–Crippen MR) is 92.3 cm³/mol. The van der Waals surface area contributed by atoms with Gasteiger partial charge in [-0.25, -0.2) is 0 Å². The van der Waals surface area contributed by atoms with Crippen LogP contribution in [-0.2, 0) is 0 Å². The molecule has 0 aliphatic carbocycles. The Morgan fingerprint density at radius 3 is 2.92 bits per heavy atom. The van der Waals surface area contributed by atoms with Crippen LogP contribution in [0.1, 0.15) is 36.7 Å². The maximum absolute atomic E-state index is 12.9. The van der Waals surface area contributed by atoms with Gasteiger partial charge in [0.1, 0.15) is 0 Å². The SMILES string of the molecule is CC(N)C1CCCCN1C(=O)c1n[nH]c2ccc([N+](=O)[O-])cc12.Cl. The lowest BCUT2D eigenvalue weighted by Gasteiger charge is -2.37. The van der Waals surface area contributed by atoms with Crippen LogP contribution in [-0.4, -0.2) is 44.6 Å². The Morgan fingerprint density at radius 2 is 2.25 bits per heavy atom. The fraction of sp³-hybridized carbons (Fsp3) is 0.467. The van der Waals surface area contributed by atoms with Crippen molar-refractivity contribution in [2.45, 2.75) is 38.3 Å². The molecule has 2 heterocycles. The first kappa shape index (κ1) is 18.2. The molecule has 3 rings (SSSR count). The van der Waals surface area contributed by atoms with Gasteiger partial charge in [-0.3, -0.25) is 20.0 Å². The first-order chi connectivity index (χ1) is 11.0. The molecular weight excluding hydrogens is 334 g/mol. The van der Waals surface area contributed by atoms with Crippen LogP contribution in [0.2, 0.25) is 0 Å². The molecule has 1 amide bonds. The van der Waals surface area contributed by atoms with Crippen LogP contribution in [0.3, 0.4) is 0 Å². The van der Waals surface area contributed by atoms with Crippen LogP contribution in [0.5, 0.6) is 0 Å². The van der Waals surface area contributed by atoms with Gasteiger partial charge in [-0.05, 0) is 32.3 Å². The minimum atomic E-state index is -0.480. The molecule has 9 heteroatoms. The average Bonchev–Trinajstić information content (AvgIpc) is 2.97. The van der Waals surface area contributed by atoms with E-state index in [1.54, 1.807) is 11.0 Å². The number of carbonyl (C=O) groups is 1. The van der Waals surface area contributed by atoms with E-state index in [4.69, 9.17) is 5.73 Å². The number of nitrogens with one attached hydrogen (secondary N) is 1. The van der Waals surface area contributed by atoms with E-state index < -0.39 is 4.92 Å². The van der Waals surface area contributed by atoms with Gasteiger partial charge in [-0.2, -0.15) is 5.10 Å². The summed E-state index contributed by atoms with van der Waals surface area (Å²) in [5.41, 5.74) is 6.78. The third-order valence-corrected chi connectivity index (χ3v) is 4.38. The molecule has 0 bridgehead atoms. The zero-order valence-electron chi connectivity index (χ0n) is 13.3. The summed E-state index contributed by atoms with van der Waals surface area (Å²) in [6.45, 7) is 2.53. The molecular formula is C15H20ClN5O3. The highest BCUT2D eigenvalue weighted by molar-refractivity contribution is 6.05. The number of amides is 1. The molecule has 1 aliphatic rings. The van der Waals surface area contributed by atoms with E-state index in [0.717, 1.165) is 19.3 Å². The molecule has 1 aromatic carbocycles. The highest BCUT2D eigenvalue weighted by Gasteiger charge is 2.32. The first-order valence-corrected chi connectivity index (χ1v) is 7.68. The van der Waals surface area contributed by atoms with Crippen molar-refractivity contribution in [1.29, 1.82) is 0 Å². The van der Waals surface area contributed by atoms with Gasteiger partial charge in [0.05, 0.1) is 10.4 Å². The highest BCUT2D eigenvalue weighted by Crippen LogP contribution is 2.26. The van der Waals surface area contributed by atoms with Crippen LogP contribution in [0, 0.1) is 10.1 Å². The number of likely N-dealkylation sites (tertiary alicyclic amines) is 1. The second kappa shape index (κ2) is 7.14. The van der Waals surface area contributed by atoms with E-state index in [-0.39, 0.29) is 41.8 Å². The van der Waals surface area contributed by atoms with Crippen molar-refractivity contribution >= 4 is 34.9 Å². The lowest BCUT2D eigenvalue weighted by molar-refractivity contribution is -0.384. The number of aromatic amines is 1. The number of benzene rings is 1. The predicted octanol–water partition coefficient (Wildman–Crippen LogP) is 2.23. The van der Waals surface area contributed by atoms with E-state index in [9.17, 15) is 14.9 Å². The van der Waals surface area contributed by atoms with Crippen molar-refractivity contribution in [3.63, 3.8) is 0 Å². The minimum Gasteiger partial charge on any atom is -0.333 e. The number of hydrogen-bond acceptors (Lipinski definition) is 5. The van der Waals surface area contributed by atoms with Gasteiger partial charge < -0.3 is 10.6 Å². The number of aromatic nitrogens is 2. The van der Waals surface area contributed by atoms with Gasteiger partial charge >= 0.3 is 0 Å². The standard InChI is InChI=1S/C15H19N5O3.ClH/c1-9(16)13-4-2-3-7-19(13)15(21)14-11-8-10(20(22)23)5-6-12(11)17-18-14;/h5-6,8-9,13H,2-4,7,16H2,1H3,(H,17,18);1H. The van der Waals surface area contributed by atoms with Gasteiger partial charge in [0.25, 0.3) is 11.6 Å². The van der Waals surface area contributed by atoms with E-state index in [1.807, 2.05) is 6.92 Å². The number of nitro groups is 1. The Hall–Kier alpha value is -2.19. The summed E-state index contributed by atoms with van der Waals surface area (Å²) in [6, 6.07) is 4.19. The topological polar surface area (TPSA) is 118 Å². The Kier molecular flexibility index (Phi) is 5.40. The van der Waals surface area contributed by atoms with Gasteiger partial charge in [-0.15, -0.1) is 12.4 Å². The second-order valence-electron chi connectivity index (χ2n) is 5.98.